The first-order valence-corrected chi connectivity index (χ1v) is 8.72. The second kappa shape index (κ2) is 6.07. The van der Waals surface area contributed by atoms with Crippen LogP contribution in [0.5, 0.6) is 0 Å². The van der Waals surface area contributed by atoms with Crippen molar-refractivity contribution < 1.29 is 9.59 Å². The monoisotopic (exact) mass is 357 g/mol. The highest BCUT2D eigenvalue weighted by Gasteiger charge is 2.21. The molecular formula is C18H19N3O3S. The molecule has 7 heteroatoms. The summed E-state index contributed by atoms with van der Waals surface area (Å²) in [4.78, 5) is 46.1. The van der Waals surface area contributed by atoms with Gasteiger partial charge in [-0.15, -0.1) is 11.3 Å². The van der Waals surface area contributed by atoms with E-state index in [1.165, 1.54) is 29.2 Å². The number of Topliss-reactive ketones (excluding diaryl/α,β-unsaturated/α-hetero) is 2. The van der Waals surface area contributed by atoms with Crippen LogP contribution in [0.1, 0.15) is 49.5 Å². The zero-order chi connectivity index (χ0) is 18.5. The highest BCUT2D eigenvalue weighted by atomic mass is 32.1. The second-order valence-corrected chi connectivity index (χ2v) is 7.45. The fourth-order valence-corrected chi connectivity index (χ4v) is 4.16. The third kappa shape index (κ3) is 2.74. The molecule has 3 aromatic heterocycles. The van der Waals surface area contributed by atoms with Crippen molar-refractivity contribution in [3.8, 4) is 0 Å². The van der Waals surface area contributed by atoms with E-state index < -0.39 is 0 Å². The summed E-state index contributed by atoms with van der Waals surface area (Å²) in [5.41, 5.74) is 2.89. The molecule has 0 aliphatic rings. The van der Waals surface area contributed by atoms with Crippen LogP contribution in [0.4, 0.5) is 0 Å². The van der Waals surface area contributed by atoms with Gasteiger partial charge in [-0.05, 0) is 45.7 Å². The van der Waals surface area contributed by atoms with Gasteiger partial charge in [0.05, 0.1) is 24.0 Å². The molecule has 0 aromatic carbocycles. The minimum atomic E-state index is -0.249. The molecule has 0 bridgehead atoms. The van der Waals surface area contributed by atoms with E-state index in [2.05, 4.69) is 9.97 Å². The summed E-state index contributed by atoms with van der Waals surface area (Å²) in [7, 11) is 0. The molecule has 0 saturated heterocycles. The number of nitrogens with one attached hydrogen (secondary N) is 1. The lowest BCUT2D eigenvalue weighted by atomic mass is 10.1. The number of hydrogen-bond acceptors (Lipinski definition) is 5. The molecule has 0 aliphatic heterocycles. The average Bonchev–Trinajstić information content (AvgIpc) is 2.99. The normalized spacial score (nSPS) is 11.2. The third-order valence-electron chi connectivity index (χ3n) is 4.54. The Kier molecular flexibility index (Phi) is 4.20. The summed E-state index contributed by atoms with van der Waals surface area (Å²) >= 11 is 1.47. The minimum absolute atomic E-state index is 0.0880. The molecule has 0 radical (unpaired) electrons. The highest BCUT2D eigenvalue weighted by molar-refractivity contribution is 7.18. The summed E-state index contributed by atoms with van der Waals surface area (Å²) in [6, 6.07) is 0. The predicted octanol–water partition coefficient (Wildman–Crippen LogP) is 3.11. The fraction of sp³-hybridized carbons (Fsp3) is 0.333. The number of carbonyl (C=O) groups excluding carboxylic acids is 2. The largest absolute Gasteiger partial charge is 0.355 e. The second-order valence-electron chi connectivity index (χ2n) is 6.25. The molecule has 3 heterocycles. The Morgan fingerprint density at radius 2 is 1.88 bits per heavy atom. The van der Waals surface area contributed by atoms with E-state index in [9.17, 15) is 14.4 Å². The van der Waals surface area contributed by atoms with Crippen LogP contribution >= 0.6 is 11.3 Å². The first kappa shape index (κ1) is 17.3. The maximum atomic E-state index is 12.7. The van der Waals surface area contributed by atoms with Gasteiger partial charge in [0.15, 0.2) is 11.6 Å². The van der Waals surface area contributed by atoms with Crippen molar-refractivity contribution in [2.75, 3.05) is 0 Å². The number of ketones is 2. The number of hydrogen-bond donors (Lipinski definition) is 1. The molecule has 1 N–H and O–H groups in total. The maximum absolute atomic E-state index is 12.7. The molecule has 0 atom stereocenters. The van der Waals surface area contributed by atoms with Gasteiger partial charge in [-0.2, -0.15) is 0 Å². The van der Waals surface area contributed by atoms with Crippen LogP contribution in [-0.2, 0) is 6.54 Å². The Morgan fingerprint density at radius 1 is 1.20 bits per heavy atom. The lowest BCUT2D eigenvalue weighted by Gasteiger charge is -2.05. The van der Waals surface area contributed by atoms with Gasteiger partial charge >= 0.3 is 0 Å². The van der Waals surface area contributed by atoms with E-state index in [4.69, 9.17) is 0 Å². The SMILES string of the molecule is CC(=O)c1c(C)[nH]c(C(=O)Cn2cnc3sc(C)c(C)c3c2=O)c1C. The number of carbonyl (C=O) groups is 2. The van der Waals surface area contributed by atoms with Crippen molar-refractivity contribution in [2.24, 2.45) is 0 Å². The van der Waals surface area contributed by atoms with Gasteiger partial charge in [0.1, 0.15) is 4.83 Å². The van der Waals surface area contributed by atoms with Gasteiger partial charge in [0.25, 0.3) is 5.56 Å². The zero-order valence-corrected chi connectivity index (χ0v) is 15.6. The quantitative estimate of drug-likeness (QED) is 0.727. The smallest absolute Gasteiger partial charge is 0.262 e. The number of aryl methyl sites for hydroxylation is 3. The summed E-state index contributed by atoms with van der Waals surface area (Å²) in [6.07, 6.45) is 1.41. The number of thiophene rings is 1. The topological polar surface area (TPSA) is 84.8 Å². The number of aromatic amines is 1. The van der Waals surface area contributed by atoms with Crippen LogP contribution in [0.15, 0.2) is 11.1 Å². The van der Waals surface area contributed by atoms with E-state index >= 15 is 0 Å². The van der Waals surface area contributed by atoms with Crippen molar-refractivity contribution in [2.45, 2.75) is 41.2 Å². The first-order chi connectivity index (χ1) is 11.7. The maximum Gasteiger partial charge on any atom is 0.262 e. The van der Waals surface area contributed by atoms with Crippen LogP contribution < -0.4 is 5.56 Å². The van der Waals surface area contributed by atoms with Gasteiger partial charge < -0.3 is 4.98 Å². The lowest BCUT2D eigenvalue weighted by molar-refractivity contribution is 0.0965. The number of aromatic nitrogens is 3. The van der Waals surface area contributed by atoms with Crippen molar-refractivity contribution in [1.82, 2.24) is 14.5 Å². The molecule has 0 fully saturated rings. The van der Waals surface area contributed by atoms with E-state index in [0.717, 1.165) is 10.4 Å². The van der Waals surface area contributed by atoms with Gasteiger partial charge in [-0.25, -0.2) is 4.98 Å². The molecule has 0 unspecified atom stereocenters. The van der Waals surface area contributed by atoms with E-state index in [1.54, 1.807) is 13.8 Å². The number of fused-ring (bicyclic) bond motifs is 1. The molecule has 3 rings (SSSR count). The summed E-state index contributed by atoms with van der Waals surface area (Å²) < 4.78 is 1.33. The summed E-state index contributed by atoms with van der Waals surface area (Å²) in [6.45, 7) is 8.70. The minimum Gasteiger partial charge on any atom is -0.355 e. The molecule has 3 aromatic rings. The number of H-pyrrole nitrogens is 1. The lowest BCUT2D eigenvalue weighted by Crippen LogP contribution is -2.25. The molecule has 130 valence electrons. The van der Waals surface area contributed by atoms with Gasteiger partial charge in [-0.3, -0.25) is 19.0 Å². The zero-order valence-electron chi connectivity index (χ0n) is 14.8. The van der Waals surface area contributed by atoms with Gasteiger partial charge in [0.2, 0.25) is 0 Å². The van der Waals surface area contributed by atoms with E-state index in [1.807, 2.05) is 13.8 Å². The Bertz CT molecular complexity index is 1090. The molecule has 0 spiro atoms. The first-order valence-electron chi connectivity index (χ1n) is 7.90. The fourth-order valence-electron chi connectivity index (χ4n) is 3.17. The van der Waals surface area contributed by atoms with Crippen LogP contribution in [0.25, 0.3) is 10.2 Å². The number of nitrogens with zero attached hydrogens (tertiary/aromatic N) is 2. The van der Waals surface area contributed by atoms with E-state index in [0.29, 0.717) is 32.7 Å². The molecule has 0 saturated carbocycles. The average molecular weight is 357 g/mol. The van der Waals surface area contributed by atoms with Crippen LogP contribution in [-0.4, -0.2) is 26.1 Å². The summed E-state index contributed by atoms with van der Waals surface area (Å²) in [5, 5.41) is 0.571. The van der Waals surface area contributed by atoms with Crippen molar-refractivity contribution in [1.29, 1.82) is 0 Å². The summed E-state index contributed by atoms with van der Waals surface area (Å²) in [5.74, 6) is -0.337. The van der Waals surface area contributed by atoms with Gasteiger partial charge in [-0.1, -0.05) is 0 Å². The Balaban J connectivity index is 2.02. The predicted molar refractivity (Wildman–Crippen MR) is 98.0 cm³/mol. The molecule has 6 nitrogen and oxygen atoms in total. The van der Waals surface area contributed by atoms with E-state index in [-0.39, 0.29) is 23.7 Å². The molecule has 25 heavy (non-hydrogen) atoms. The Labute approximate surface area is 148 Å². The van der Waals surface area contributed by atoms with Crippen molar-refractivity contribution in [3.05, 3.63) is 49.6 Å². The Hall–Kier alpha value is -2.54. The third-order valence-corrected chi connectivity index (χ3v) is 5.65. The Morgan fingerprint density at radius 3 is 2.48 bits per heavy atom. The van der Waals surface area contributed by atoms with Crippen LogP contribution in [0.2, 0.25) is 0 Å². The number of rotatable bonds is 4. The van der Waals surface area contributed by atoms with Crippen molar-refractivity contribution in [3.63, 3.8) is 0 Å². The van der Waals surface area contributed by atoms with Crippen LogP contribution in [0, 0.1) is 27.7 Å². The van der Waals surface area contributed by atoms with Crippen LogP contribution in [0.3, 0.4) is 0 Å². The molecule has 0 amide bonds. The van der Waals surface area contributed by atoms with Gasteiger partial charge in [0, 0.05) is 16.1 Å². The van der Waals surface area contributed by atoms with Crippen molar-refractivity contribution >= 4 is 33.1 Å². The molecule has 0 aliphatic carbocycles. The standard InChI is InChI=1S/C18H19N3O3S/c1-8-12(5)25-17-15(8)18(24)21(7-19-17)6-13(23)16-9(2)14(11(4)22)10(3)20-16/h7,20H,6H2,1-5H3. The highest BCUT2D eigenvalue weighted by Crippen LogP contribution is 2.25. The molecular weight excluding hydrogens is 338 g/mol.